The quantitative estimate of drug-likeness (QED) is 0.216. The number of carboxylic acids is 1. The van der Waals surface area contributed by atoms with E-state index in [1.165, 1.54) is 0 Å². The second kappa shape index (κ2) is 12.9. The Hall–Kier alpha value is -1.06. The molecule has 6 N–H and O–H groups in total. The highest BCUT2D eigenvalue weighted by Gasteiger charge is 2.29. The third-order valence-electron chi connectivity index (χ3n) is 2.41. The van der Waals surface area contributed by atoms with Crippen LogP contribution in [0.25, 0.3) is 0 Å². The molecule has 0 fully saturated rings. The van der Waals surface area contributed by atoms with Gasteiger partial charge in [-0.05, 0) is 6.42 Å². The number of aliphatic hydroxyl groups excluding tert-OH is 5. The molecule has 0 radical (unpaired) electrons. The van der Waals surface area contributed by atoms with Gasteiger partial charge in [-0.25, -0.2) is 0 Å². The summed E-state index contributed by atoms with van der Waals surface area (Å²) in [6.07, 6.45) is -3.56. The molecule has 0 aliphatic carbocycles. The van der Waals surface area contributed by atoms with Gasteiger partial charge in [-0.15, -0.1) is 0 Å². The Morgan fingerprint density at radius 1 is 1.10 bits per heavy atom. The summed E-state index contributed by atoms with van der Waals surface area (Å²) in [5.41, 5.74) is 0. The number of aliphatic hydroxyl groups is 5. The molecule has 0 aromatic rings. The summed E-state index contributed by atoms with van der Waals surface area (Å²) in [5.74, 6) is -0.682. The van der Waals surface area contributed by atoms with Crippen LogP contribution in [0.4, 0.5) is 0 Å². The maximum atomic E-state index is 9.90. The van der Waals surface area contributed by atoms with Crippen molar-refractivity contribution in [1.29, 1.82) is 0 Å². The molecule has 0 saturated heterocycles. The van der Waals surface area contributed by atoms with Crippen molar-refractivity contribution in [2.45, 2.75) is 57.0 Å². The average molecular weight is 296 g/mol. The van der Waals surface area contributed by atoms with Crippen molar-refractivity contribution in [1.82, 2.24) is 0 Å². The maximum absolute atomic E-state index is 9.90. The first kappa shape index (κ1) is 21.2. The van der Waals surface area contributed by atoms with Crippen molar-refractivity contribution in [2.75, 3.05) is 6.61 Å². The van der Waals surface area contributed by atoms with Crippen LogP contribution >= 0.6 is 0 Å². The minimum absolute atomic E-state index is 0.0258. The molecule has 8 heteroatoms. The lowest BCUT2D eigenvalue weighted by Gasteiger charge is -2.22. The van der Waals surface area contributed by atoms with Gasteiger partial charge in [-0.2, -0.15) is 0 Å². The number of carboxylic acid groups (broad SMARTS) is 1. The molecule has 0 amide bonds. The molecule has 0 unspecified atom stereocenters. The lowest BCUT2D eigenvalue weighted by Crippen LogP contribution is -2.46. The van der Waals surface area contributed by atoms with E-state index in [-0.39, 0.29) is 6.29 Å². The highest BCUT2D eigenvalue weighted by Crippen LogP contribution is 2.03. The van der Waals surface area contributed by atoms with Gasteiger partial charge in [0.25, 0.3) is 0 Å². The monoisotopic (exact) mass is 296 g/mol. The summed E-state index contributed by atoms with van der Waals surface area (Å²) in [4.78, 5) is 19.8. The second-order valence-corrected chi connectivity index (χ2v) is 4.21. The van der Waals surface area contributed by atoms with E-state index in [1.54, 1.807) is 0 Å². The average Bonchev–Trinajstić information content (AvgIpc) is 2.44. The third-order valence-corrected chi connectivity index (χ3v) is 2.41. The largest absolute Gasteiger partial charge is 0.481 e. The van der Waals surface area contributed by atoms with Crippen molar-refractivity contribution in [3.05, 3.63) is 0 Å². The Morgan fingerprint density at radius 2 is 1.65 bits per heavy atom. The maximum Gasteiger partial charge on any atom is 0.303 e. The number of carbonyl (C=O) groups is 2. The van der Waals surface area contributed by atoms with Crippen molar-refractivity contribution >= 4 is 12.3 Å². The fourth-order valence-electron chi connectivity index (χ4n) is 1.14. The Kier molecular flexibility index (Phi) is 13.8. The van der Waals surface area contributed by atoms with Gasteiger partial charge in [0.05, 0.1) is 6.61 Å². The van der Waals surface area contributed by atoms with Crippen LogP contribution in [-0.2, 0) is 9.59 Å². The zero-order valence-corrected chi connectivity index (χ0v) is 11.4. The summed E-state index contributed by atoms with van der Waals surface area (Å²) < 4.78 is 0. The van der Waals surface area contributed by atoms with Crippen molar-refractivity contribution in [3.8, 4) is 0 Å². The fraction of sp³-hybridized carbons (Fsp3) is 0.833. The number of hydrogen-bond acceptors (Lipinski definition) is 7. The molecule has 0 spiro atoms. The van der Waals surface area contributed by atoms with E-state index in [0.717, 1.165) is 19.3 Å². The minimum Gasteiger partial charge on any atom is -0.481 e. The molecule has 4 atom stereocenters. The second-order valence-electron chi connectivity index (χ2n) is 4.21. The Bertz CT molecular complexity index is 258. The molecular formula is C12H24O8. The minimum atomic E-state index is -1.79. The van der Waals surface area contributed by atoms with Crippen molar-refractivity contribution in [3.63, 3.8) is 0 Å². The van der Waals surface area contributed by atoms with E-state index in [1.807, 2.05) is 0 Å². The van der Waals surface area contributed by atoms with E-state index in [2.05, 4.69) is 6.92 Å². The van der Waals surface area contributed by atoms with E-state index < -0.39 is 37.0 Å². The smallest absolute Gasteiger partial charge is 0.303 e. The van der Waals surface area contributed by atoms with Crippen molar-refractivity contribution < 1.29 is 40.2 Å². The van der Waals surface area contributed by atoms with E-state index in [0.29, 0.717) is 6.42 Å². The molecular weight excluding hydrogens is 272 g/mol. The molecule has 0 aliphatic rings. The summed E-state index contributed by atoms with van der Waals surface area (Å²) >= 11 is 0. The van der Waals surface area contributed by atoms with Crippen LogP contribution < -0.4 is 0 Å². The van der Waals surface area contributed by atoms with Crippen molar-refractivity contribution in [2.24, 2.45) is 0 Å². The normalized spacial score (nSPS) is 16.3. The molecule has 0 saturated carbocycles. The van der Waals surface area contributed by atoms with Crippen LogP contribution in [0, 0.1) is 0 Å². The number of aliphatic carboxylic acids is 1. The van der Waals surface area contributed by atoms with Crippen LogP contribution in [0.15, 0.2) is 0 Å². The molecule has 20 heavy (non-hydrogen) atoms. The van der Waals surface area contributed by atoms with Crippen LogP contribution in [0.5, 0.6) is 0 Å². The summed E-state index contributed by atoms with van der Waals surface area (Å²) in [7, 11) is 0. The van der Waals surface area contributed by atoms with E-state index in [4.69, 9.17) is 30.6 Å². The van der Waals surface area contributed by atoms with Crippen LogP contribution in [-0.4, -0.2) is 73.9 Å². The third kappa shape index (κ3) is 10.8. The first-order valence-electron chi connectivity index (χ1n) is 6.31. The molecule has 0 aliphatic heterocycles. The Labute approximate surface area is 117 Å². The number of unbranched alkanes of at least 4 members (excludes halogenated alkanes) is 2. The molecule has 8 nitrogen and oxygen atoms in total. The van der Waals surface area contributed by atoms with E-state index >= 15 is 0 Å². The predicted molar refractivity (Wildman–Crippen MR) is 69.0 cm³/mol. The first-order valence-corrected chi connectivity index (χ1v) is 6.31. The molecule has 0 bridgehead atoms. The van der Waals surface area contributed by atoms with E-state index in [9.17, 15) is 9.59 Å². The van der Waals surface area contributed by atoms with Gasteiger partial charge in [0.2, 0.25) is 0 Å². The summed E-state index contributed by atoms with van der Waals surface area (Å²) in [6.45, 7) is 1.30. The van der Waals surface area contributed by atoms with Crippen LogP contribution in [0.3, 0.4) is 0 Å². The van der Waals surface area contributed by atoms with Crippen LogP contribution in [0.1, 0.15) is 32.6 Å². The molecule has 120 valence electrons. The number of hydrogen-bond donors (Lipinski definition) is 6. The highest BCUT2D eigenvalue weighted by molar-refractivity contribution is 5.66. The molecule has 0 aromatic heterocycles. The lowest BCUT2D eigenvalue weighted by molar-refractivity contribution is -0.137. The molecule has 0 heterocycles. The molecule has 0 aromatic carbocycles. The Morgan fingerprint density at radius 3 is 2.00 bits per heavy atom. The zero-order valence-electron chi connectivity index (χ0n) is 11.4. The number of rotatable bonds is 9. The number of carbonyl (C=O) groups excluding carboxylic acids is 1. The van der Waals surface area contributed by atoms with Gasteiger partial charge < -0.3 is 35.4 Å². The topological polar surface area (TPSA) is 156 Å². The molecule has 0 rings (SSSR count). The van der Waals surface area contributed by atoms with Gasteiger partial charge in [0.1, 0.15) is 24.4 Å². The Balaban J connectivity index is 0. The van der Waals surface area contributed by atoms with Gasteiger partial charge in [0, 0.05) is 6.42 Å². The van der Waals surface area contributed by atoms with Crippen LogP contribution in [0.2, 0.25) is 0 Å². The lowest BCUT2D eigenvalue weighted by atomic mass is 10.0. The van der Waals surface area contributed by atoms with Gasteiger partial charge in [0.15, 0.2) is 6.29 Å². The predicted octanol–water partition coefficient (Wildman–Crippen LogP) is -1.73. The SMILES string of the molecule is CCCCCC(=O)O.O=C[C@H](O)[C@@H](O)[C@@H](O)[C@H](O)CO. The van der Waals surface area contributed by atoms with Gasteiger partial charge in [-0.1, -0.05) is 19.8 Å². The fourth-order valence-corrected chi connectivity index (χ4v) is 1.14. The summed E-state index contributed by atoms with van der Waals surface area (Å²) in [5, 5.41) is 51.7. The summed E-state index contributed by atoms with van der Waals surface area (Å²) in [6, 6.07) is 0. The van der Waals surface area contributed by atoms with Gasteiger partial charge in [-0.3, -0.25) is 4.79 Å². The zero-order chi connectivity index (χ0) is 16.1. The standard InChI is InChI=1S/C6H12O6.C6H12O2/c7-1-3(9)5(11)6(12)4(10)2-8;1-2-3-4-5-6(7)8/h1,3-6,8-12H,2H2;2-5H2,1H3,(H,7,8)/t3-,4+,5+,6-;/m0./s1. The first-order chi connectivity index (χ1) is 9.31. The highest BCUT2D eigenvalue weighted by atomic mass is 16.4. The van der Waals surface area contributed by atoms with Gasteiger partial charge >= 0.3 is 5.97 Å². The number of aldehydes is 1.